The molecule has 24 heavy (non-hydrogen) atoms. The lowest BCUT2D eigenvalue weighted by Crippen LogP contribution is -2.39. The number of aryl methyl sites for hydroxylation is 2. The van der Waals surface area contributed by atoms with Crippen LogP contribution in [0, 0.1) is 13.8 Å². The summed E-state index contributed by atoms with van der Waals surface area (Å²) in [6.07, 6.45) is 0.325. The van der Waals surface area contributed by atoms with Gasteiger partial charge in [-0.2, -0.15) is 5.10 Å². The second kappa shape index (κ2) is 4.93. The van der Waals surface area contributed by atoms with Gasteiger partial charge in [0, 0.05) is 37.5 Å². The zero-order valence-corrected chi connectivity index (χ0v) is 13.9. The highest BCUT2D eigenvalue weighted by atomic mass is 16.6. The van der Waals surface area contributed by atoms with E-state index in [0.717, 1.165) is 11.4 Å². The standard InChI is InChI=1S/C16H19N5O3/c1-10-6-11(2)21-13(17-10)7-12(18-21)14(22)20-5-4-16(9-20)8-19(3)15(23)24-16/h6-7H,4-5,8-9H2,1-3H3/t16-/m0/s1. The zero-order chi connectivity index (χ0) is 17.1. The molecular formula is C16H19N5O3. The molecule has 8 nitrogen and oxygen atoms in total. The van der Waals surface area contributed by atoms with Gasteiger partial charge in [0.15, 0.2) is 16.9 Å². The van der Waals surface area contributed by atoms with Gasteiger partial charge in [-0.25, -0.2) is 14.3 Å². The molecule has 2 aliphatic rings. The van der Waals surface area contributed by atoms with Gasteiger partial charge in [0.25, 0.3) is 5.91 Å². The Bertz CT molecular complexity index is 861. The predicted octanol–water partition coefficient (Wildman–Crippen LogP) is 1.01. The summed E-state index contributed by atoms with van der Waals surface area (Å²) in [7, 11) is 1.71. The highest BCUT2D eigenvalue weighted by Gasteiger charge is 2.49. The molecule has 0 aliphatic carbocycles. The van der Waals surface area contributed by atoms with Crippen LogP contribution >= 0.6 is 0 Å². The molecular weight excluding hydrogens is 310 g/mol. The molecule has 2 fully saturated rings. The Kier molecular flexibility index (Phi) is 3.06. The summed E-state index contributed by atoms with van der Waals surface area (Å²) in [6.45, 7) is 5.32. The fourth-order valence-electron chi connectivity index (χ4n) is 3.58. The van der Waals surface area contributed by atoms with E-state index in [1.54, 1.807) is 27.4 Å². The smallest absolute Gasteiger partial charge is 0.410 e. The third kappa shape index (κ3) is 2.21. The molecule has 4 heterocycles. The Morgan fingerprint density at radius 2 is 2.08 bits per heavy atom. The number of ether oxygens (including phenoxy) is 1. The number of hydrogen-bond acceptors (Lipinski definition) is 5. The van der Waals surface area contributed by atoms with Crippen molar-refractivity contribution in [2.24, 2.45) is 0 Å². The van der Waals surface area contributed by atoms with Crippen LogP contribution in [0.5, 0.6) is 0 Å². The monoisotopic (exact) mass is 329 g/mol. The van der Waals surface area contributed by atoms with Crippen molar-refractivity contribution in [3.8, 4) is 0 Å². The van der Waals surface area contributed by atoms with Crippen molar-refractivity contribution < 1.29 is 14.3 Å². The number of likely N-dealkylation sites (tertiary alicyclic amines) is 1. The van der Waals surface area contributed by atoms with Gasteiger partial charge in [0.2, 0.25) is 0 Å². The van der Waals surface area contributed by atoms with Crippen LogP contribution in [0.25, 0.3) is 5.65 Å². The first-order valence-corrected chi connectivity index (χ1v) is 7.94. The van der Waals surface area contributed by atoms with E-state index in [9.17, 15) is 9.59 Å². The number of amides is 2. The summed E-state index contributed by atoms with van der Waals surface area (Å²) in [5, 5.41) is 4.39. The van der Waals surface area contributed by atoms with E-state index in [0.29, 0.717) is 37.4 Å². The van der Waals surface area contributed by atoms with E-state index in [4.69, 9.17) is 4.74 Å². The van der Waals surface area contributed by atoms with Gasteiger partial charge in [0.05, 0.1) is 13.1 Å². The number of carbonyl (C=O) groups excluding carboxylic acids is 2. The van der Waals surface area contributed by atoms with Crippen molar-refractivity contribution >= 4 is 17.6 Å². The molecule has 2 saturated heterocycles. The first-order valence-electron chi connectivity index (χ1n) is 7.94. The van der Waals surface area contributed by atoms with Crippen LogP contribution in [-0.2, 0) is 4.74 Å². The van der Waals surface area contributed by atoms with Gasteiger partial charge in [-0.3, -0.25) is 4.79 Å². The molecule has 0 saturated carbocycles. The fraction of sp³-hybridized carbons (Fsp3) is 0.500. The molecule has 4 rings (SSSR count). The zero-order valence-electron chi connectivity index (χ0n) is 13.9. The molecule has 2 amide bonds. The predicted molar refractivity (Wildman–Crippen MR) is 84.8 cm³/mol. The number of aromatic nitrogens is 3. The molecule has 2 aromatic rings. The van der Waals surface area contributed by atoms with Crippen molar-refractivity contribution in [1.82, 2.24) is 24.4 Å². The maximum absolute atomic E-state index is 12.8. The Labute approximate surface area is 139 Å². The summed E-state index contributed by atoms with van der Waals surface area (Å²) in [6, 6.07) is 3.63. The number of fused-ring (bicyclic) bond motifs is 1. The van der Waals surface area contributed by atoms with Gasteiger partial charge < -0.3 is 14.5 Å². The summed E-state index contributed by atoms with van der Waals surface area (Å²) in [5.74, 6) is -0.153. The lowest BCUT2D eigenvalue weighted by molar-refractivity contribution is 0.0550. The molecule has 1 atom stereocenters. The fourth-order valence-corrected chi connectivity index (χ4v) is 3.58. The highest BCUT2D eigenvalue weighted by Crippen LogP contribution is 2.32. The van der Waals surface area contributed by atoms with Crippen LogP contribution in [0.4, 0.5) is 4.79 Å². The average Bonchev–Trinajstić information content (AvgIpc) is 3.17. The third-order valence-corrected chi connectivity index (χ3v) is 4.70. The number of nitrogens with zero attached hydrogens (tertiary/aromatic N) is 5. The first-order chi connectivity index (χ1) is 11.4. The van der Waals surface area contributed by atoms with Crippen LogP contribution in [0.15, 0.2) is 12.1 Å². The van der Waals surface area contributed by atoms with Crippen molar-refractivity contribution in [3.05, 3.63) is 29.2 Å². The molecule has 8 heteroatoms. The Morgan fingerprint density at radius 1 is 1.29 bits per heavy atom. The molecule has 0 bridgehead atoms. The molecule has 2 aromatic heterocycles. The van der Waals surface area contributed by atoms with Gasteiger partial charge in [-0.05, 0) is 19.9 Å². The maximum Gasteiger partial charge on any atom is 0.410 e. The lowest BCUT2D eigenvalue weighted by Gasteiger charge is -2.21. The van der Waals surface area contributed by atoms with Crippen LogP contribution in [0.2, 0.25) is 0 Å². The third-order valence-electron chi connectivity index (χ3n) is 4.70. The summed E-state index contributed by atoms with van der Waals surface area (Å²) < 4.78 is 7.16. The van der Waals surface area contributed by atoms with Crippen LogP contribution in [0.3, 0.4) is 0 Å². The van der Waals surface area contributed by atoms with Gasteiger partial charge in [-0.15, -0.1) is 0 Å². The van der Waals surface area contributed by atoms with E-state index in [1.807, 2.05) is 19.9 Å². The topological polar surface area (TPSA) is 80.0 Å². The Morgan fingerprint density at radius 3 is 2.79 bits per heavy atom. The Balaban J connectivity index is 1.59. The van der Waals surface area contributed by atoms with Crippen molar-refractivity contribution in [2.75, 3.05) is 26.7 Å². The molecule has 0 N–H and O–H groups in total. The summed E-state index contributed by atoms with van der Waals surface area (Å²) >= 11 is 0. The molecule has 1 spiro atoms. The SMILES string of the molecule is Cc1cc(C)n2nc(C(=O)N3CC[C@]4(CN(C)C(=O)O4)C3)cc2n1. The van der Waals surface area contributed by atoms with E-state index in [1.165, 1.54) is 0 Å². The largest absolute Gasteiger partial charge is 0.439 e. The highest BCUT2D eigenvalue weighted by molar-refractivity contribution is 5.93. The second-order valence-corrected chi connectivity index (χ2v) is 6.72. The van der Waals surface area contributed by atoms with Gasteiger partial charge >= 0.3 is 6.09 Å². The van der Waals surface area contributed by atoms with Crippen molar-refractivity contribution in [3.63, 3.8) is 0 Å². The molecule has 0 unspecified atom stereocenters. The van der Waals surface area contributed by atoms with Crippen molar-refractivity contribution in [2.45, 2.75) is 25.9 Å². The van der Waals surface area contributed by atoms with Crippen LogP contribution < -0.4 is 0 Å². The minimum atomic E-state index is -0.578. The number of carbonyl (C=O) groups is 2. The second-order valence-electron chi connectivity index (χ2n) is 6.72. The average molecular weight is 329 g/mol. The lowest BCUT2D eigenvalue weighted by atomic mass is 10.0. The molecule has 0 aromatic carbocycles. The number of rotatable bonds is 1. The molecule has 0 radical (unpaired) electrons. The molecule has 126 valence electrons. The van der Waals surface area contributed by atoms with Crippen molar-refractivity contribution in [1.29, 1.82) is 0 Å². The van der Waals surface area contributed by atoms with Gasteiger partial charge in [0.1, 0.15) is 0 Å². The maximum atomic E-state index is 12.8. The Hall–Kier alpha value is -2.64. The van der Waals surface area contributed by atoms with E-state index in [2.05, 4.69) is 10.1 Å². The number of likely N-dealkylation sites (N-methyl/N-ethyl adjacent to an activating group) is 1. The minimum absolute atomic E-state index is 0.153. The van der Waals surface area contributed by atoms with E-state index in [-0.39, 0.29) is 12.0 Å². The van der Waals surface area contributed by atoms with Crippen LogP contribution in [0.1, 0.15) is 28.3 Å². The van der Waals surface area contributed by atoms with E-state index < -0.39 is 5.60 Å². The first kappa shape index (κ1) is 14.9. The molecule has 2 aliphatic heterocycles. The summed E-state index contributed by atoms with van der Waals surface area (Å²) in [4.78, 5) is 32.1. The minimum Gasteiger partial charge on any atom is -0.439 e. The quantitative estimate of drug-likeness (QED) is 0.780. The van der Waals surface area contributed by atoms with Crippen LogP contribution in [-0.4, -0.2) is 68.7 Å². The normalized spacial score (nSPS) is 23.5. The van der Waals surface area contributed by atoms with E-state index >= 15 is 0 Å². The summed E-state index contributed by atoms with van der Waals surface area (Å²) in [5.41, 5.74) is 2.27. The van der Waals surface area contributed by atoms with Gasteiger partial charge in [-0.1, -0.05) is 0 Å². The number of hydrogen-bond donors (Lipinski definition) is 0.